The normalized spacial score (nSPS) is 12.0. The molecule has 0 aliphatic rings. The van der Waals surface area contributed by atoms with Gasteiger partial charge in [-0.2, -0.15) is 10.2 Å². The third kappa shape index (κ3) is 4.12. The van der Waals surface area contributed by atoms with Crippen molar-refractivity contribution in [2.24, 2.45) is 14.1 Å². The molecule has 8 heteroatoms. The zero-order valence-corrected chi connectivity index (χ0v) is 15.4. The average Bonchev–Trinajstić information content (AvgIpc) is 3.09. The number of ether oxygens (including phenoxy) is 1. The highest BCUT2D eigenvalue weighted by atomic mass is 16.5. The van der Waals surface area contributed by atoms with Gasteiger partial charge in [-0.1, -0.05) is 12.1 Å². The molecule has 8 nitrogen and oxygen atoms in total. The molecule has 0 aliphatic carbocycles. The van der Waals surface area contributed by atoms with Crippen LogP contribution in [0.2, 0.25) is 0 Å². The molecule has 1 atom stereocenters. The van der Waals surface area contributed by atoms with Crippen molar-refractivity contribution in [3.8, 4) is 11.3 Å². The Hall–Kier alpha value is -3.26. The van der Waals surface area contributed by atoms with Crippen molar-refractivity contribution in [3.63, 3.8) is 0 Å². The van der Waals surface area contributed by atoms with Crippen LogP contribution in [-0.4, -0.2) is 39.2 Å². The SMILES string of the molecule is COC[C@@H](NC(=O)c1cccc(-c2ccc(=O)n(C)n2)c1)c1ccnn1C. The number of amides is 1. The van der Waals surface area contributed by atoms with Gasteiger partial charge >= 0.3 is 0 Å². The Morgan fingerprint density at radius 1 is 1.19 bits per heavy atom. The lowest BCUT2D eigenvalue weighted by Gasteiger charge is -2.18. The van der Waals surface area contributed by atoms with Crippen molar-refractivity contribution < 1.29 is 9.53 Å². The van der Waals surface area contributed by atoms with Crippen LogP contribution in [0.4, 0.5) is 0 Å². The highest BCUT2D eigenvalue weighted by molar-refractivity contribution is 5.95. The van der Waals surface area contributed by atoms with E-state index in [0.29, 0.717) is 17.9 Å². The van der Waals surface area contributed by atoms with Crippen molar-refractivity contribution in [1.82, 2.24) is 24.9 Å². The zero-order valence-electron chi connectivity index (χ0n) is 15.4. The molecule has 27 heavy (non-hydrogen) atoms. The monoisotopic (exact) mass is 367 g/mol. The average molecular weight is 367 g/mol. The number of aryl methyl sites for hydroxylation is 2. The minimum Gasteiger partial charge on any atom is -0.382 e. The lowest BCUT2D eigenvalue weighted by molar-refractivity contribution is 0.0892. The van der Waals surface area contributed by atoms with Gasteiger partial charge in [0.25, 0.3) is 11.5 Å². The first-order valence-electron chi connectivity index (χ1n) is 8.42. The Morgan fingerprint density at radius 2 is 2.00 bits per heavy atom. The van der Waals surface area contributed by atoms with E-state index < -0.39 is 0 Å². The third-order valence-electron chi connectivity index (χ3n) is 4.24. The lowest BCUT2D eigenvalue weighted by atomic mass is 10.1. The Balaban J connectivity index is 1.85. The van der Waals surface area contributed by atoms with Crippen LogP contribution in [0.5, 0.6) is 0 Å². The van der Waals surface area contributed by atoms with Crippen LogP contribution >= 0.6 is 0 Å². The first kappa shape index (κ1) is 18.5. The van der Waals surface area contributed by atoms with Crippen LogP contribution in [-0.2, 0) is 18.8 Å². The standard InChI is InChI=1S/C19H21N5O3/c1-23-17(9-10-20-23)16(12-27-3)21-19(26)14-6-4-5-13(11-14)15-7-8-18(25)24(2)22-15/h4-11,16H,12H2,1-3H3,(H,21,26)/t16-/m1/s1. The van der Waals surface area contributed by atoms with Crippen LogP contribution in [0.1, 0.15) is 22.1 Å². The molecule has 3 rings (SSSR count). The summed E-state index contributed by atoms with van der Waals surface area (Å²) in [7, 11) is 4.99. The first-order chi connectivity index (χ1) is 13.0. The molecule has 1 N–H and O–H groups in total. The van der Waals surface area contributed by atoms with E-state index in [1.807, 2.05) is 19.2 Å². The fraction of sp³-hybridized carbons (Fsp3) is 0.263. The number of methoxy groups -OCH3 is 1. The van der Waals surface area contributed by atoms with Gasteiger partial charge in [-0.15, -0.1) is 0 Å². The topological polar surface area (TPSA) is 91.0 Å². The number of nitrogens with zero attached hydrogens (tertiary/aromatic N) is 4. The van der Waals surface area contributed by atoms with Crippen LogP contribution in [0.15, 0.2) is 53.5 Å². The molecule has 0 unspecified atom stereocenters. The van der Waals surface area contributed by atoms with E-state index in [9.17, 15) is 9.59 Å². The molecule has 0 aliphatic heterocycles. The fourth-order valence-corrected chi connectivity index (χ4v) is 2.81. The highest BCUT2D eigenvalue weighted by Crippen LogP contribution is 2.18. The molecule has 0 radical (unpaired) electrons. The Labute approximate surface area is 156 Å². The van der Waals surface area contributed by atoms with Gasteiger partial charge in [0, 0.05) is 44.6 Å². The number of hydrogen-bond donors (Lipinski definition) is 1. The molecule has 0 bridgehead atoms. The molecule has 140 valence electrons. The second-order valence-corrected chi connectivity index (χ2v) is 6.12. The summed E-state index contributed by atoms with van der Waals surface area (Å²) < 4.78 is 8.20. The number of nitrogens with one attached hydrogen (secondary N) is 1. The van der Waals surface area contributed by atoms with Gasteiger partial charge in [-0.05, 0) is 24.3 Å². The van der Waals surface area contributed by atoms with Gasteiger partial charge in [0.1, 0.15) is 0 Å². The summed E-state index contributed by atoms with van der Waals surface area (Å²) in [6.07, 6.45) is 1.68. The van der Waals surface area contributed by atoms with E-state index in [0.717, 1.165) is 11.3 Å². The molecule has 0 saturated carbocycles. The minimum atomic E-state index is -0.325. The van der Waals surface area contributed by atoms with Crippen molar-refractivity contribution in [1.29, 1.82) is 0 Å². The summed E-state index contributed by atoms with van der Waals surface area (Å²) in [6.45, 7) is 0.327. The number of carbonyl (C=O) groups excluding carboxylic acids is 1. The molecule has 1 aromatic carbocycles. The molecule has 0 saturated heterocycles. The summed E-state index contributed by atoms with van der Waals surface area (Å²) >= 11 is 0. The second-order valence-electron chi connectivity index (χ2n) is 6.12. The van der Waals surface area contributed by atoms with E-state index in [4.69, 9.17) is 4.74 Å². The van der Waals surface area contributed by atoms with Crippen molar-refractivity contribution >= 4 is 5.91 Å². The minimum absolute atomic E-state index is 0.189. The van der Waals surface area contributed by atoms with Gasteiger partial charge in [0.15, 0.2) is 0 Å². The number of rotatable bonds is 6. The number of carbonyl (C=O) groups is 1. The molecule has 0 fully saturated rings. The van der Waals surface area contributed by atoms with Crippen molar-refractivity contribution in [2.75, 3.05) is 13.7 Å². The van der Waals surface area contributed by atoms with Crippen molar-refractivity contribution in [2.45, 2.75) is 6.04 Å². The summed E-state index contributed by atoms with van der Waals surface area (Å²) in [4.78, 5) is 24.3. The van der Waals surface area contributed by atoms with Crippen LogP contribution < -0.4 is 10.9 Å². The molecule has 3 aromatic rings. The largest absolute Gasteiger partial charge is 0.382 e. The van der Waals surface area contributed by atoms with E-state index in [2.05, 4.69) is 15.5 Å². The number of aromatic nitrogens is 4. The van der Waals surface area contributed by atoms with Gasteiger partial charge in [0.05, 0.1) is 24.0 Å². The number of benzene rings is 1. The van der Waals surface area contributed by atoms with E-state index >= 15 is 0 Å². The fourth-order valence-electron chi connectivity index (χ4n) is 2.81. The zero-order chi connectivity index (χ0) is 19.4. The predicted octanol–water partition coefficient (Wildman–Crippen LogP) is 1.30. The van der Waals surface area contributed by atoms with E-state index in [-0.39, 0.29) is 17.5 Å². The van der Waals surface area contributed by atoms with Crippen LogP contribution in [0.3, 0.4) is 0 Å². The summed E-state index contributed by atoms with van der Waals surface area (Å²) in [5.74, 6) is -0.232. The molecule has 2 aromatic heterocycles. The molecular weight excluding hydrogens is 346 g/mol. The van der Waals surface area contributed by atoms with Gasteiger partial charge in [0.2, 0.25) is 0 Å². The highest BCUT2D eigenvalue weighted by Gasteiger charge is 2.19. The van der Waals surface area contributed by atoms with Gasteiger partial charge in [-0.25, -0.2) is 4.68 Å². The van der Waals surface area contributed by atoms with Crippen LogP contribution in [0.25, 0.3) is 11.3 Å². The summed E-state index contributed by atoms with van der Waals surface area (Å²) in [5, 5.41) is 11.3. The smallest absolute Gasteiger partial charge is 0.266 e. The maximum Gasteiger partial charge on any atom is 0.266 e. The number of hydrogen-bond acceptors (Lipinski definition) is 5. The molecule has 1 amide bonds. The Morgan fingerprint density at radius 3 is 2.67 bits per heavy atom. The van der Waals surface area contributed by atoms with Crippen molar-refractivity contribution in [3.05, 3.63) is 70.3 Å². The quantitative estimate of drug-likeness (QED) is 0.709. The van der Waals surface area contributed by atoms with E-state index in [1.54, 1.807) is 49.3 Å². The van der Waals surface area contributed by atoms with Gasteiger partial charge < -0.3 is 10.1 Å². The Bertz CT molecular complexity index is 1010. The second kappa shape index (κ2) is 7.96. The maximum absolute atomic E-state index is 12.8. The predicted molar refractivity (Wildman–Crippen MR) is 100 cm³/mol. The molecular formula is C19H21N5O3. The molecule has 2 heterocycles. The summed E-state index contributed by atoms with van der Waals surface area (Å²) in [6, 6.07) is 11.7. The maximum atomic E-state index is 12.8. The molecule has 0 spiro atoms. The van der Waals surface area contributed by atoms with E-state index in [1.165, 1.54) is 10.7 Å². The van der Waals surface area contributed by atoms with Gasteiger partial charge in [-0.3, -0.25) is 14.3 Å². The third-order valence-corrected chi connectivity index (χ3v) is 4.24. The summed E-state index contributed by atoms with van der Waals surface area (Å²) in [5.41, 5.74) is 2.52. The van der Waals surface area contributed by atoms with Crippen LogP contribution in [0, 0.1) is 0 Å². The lowest BCUT2D eigenvalue weighted by Crippen LogP contribution is -2.32. The Kier molecular flexibility index (Phi) is 5.46. The first-order valence-corrected chi connectivity index (χ1v) is 8.42.